The maximum Gasteiger partial charge on any atom is 0.0375 e. The first-order valence-electron chi connectivity index (χ1n) is 6.23. The fourth-order valence-corrected chi connectivity index (χ4v) is 2.99. The van der Waals surface area contributed by atoms with E-state index in [1.165, 1.54) is 5.56 Å². The third kappa shape index (κ3) is 4.58. The zero-order valence-corrected chi connectivity index (χ0v) is 12.1. The van der Waals surface area contributed by atoms with Crippen molar-refractivity contribution in [2.45, 2.75) is 51.2 Å². The van der Waals surface area contributed by atoms with Gasteiger partial charge in [-0.25, -0.2) is 0 Å². The molecule has 2 atom stereocenters. The summed E-state index contributed by atoms with van der Waals surface area (Å²) in [5.41, 5.74) is 1.26. The summed E-state index contributed by atoms with van der Waals surface area (Å²) < 4.78 is 12.1. The van der Waals surface area contributed by atoms with Crippen molar-refractivity contribution in [3.8, 4) is 0 Å². The Labute approximate surface area is 107 Å². The van der Waals surface area contributed by atoms with Crippen LogP contribution in [-0.4, -0.2) is 19.7 Å². The summed E-state index contributed by atoms with van der Waals surface area (Å²) in [5, 5.41) is 0. The van der Waals surface area contributed by atoms with Gasteiger partial charge >= 0.3 is 0 Å². The van der Waals surface area contributed by atoms with Crippen molar-refractivity contribution in [1.82, 2.24) is 4.98 Å². The van der Waals surface area contributed by atoms with E-state index in [-0.39, 0.29) is 4.75 Å². The summed E-state index contributed by atoms with van der Waals surface area (Å²) in [7, 11) is -0.790. The summed E-state index contributed by atoms with van der Waals surface area (Å²) >= 11 is 0. The van der Waals surface area contributed by atoms with Crippen molar-refractivity contribution in [3.05, 3.63) is 30.1 Å². The molecule has 0 saturated heterocycles. The van der Waals surface area contributed by atoms with Crippen LogP contribution in [0.4, 0.5) is 0 Å². The van der Waals surface area contributed by atoms with Gasteiger partial charge in [0.05, 0.1) is 0 Å². The van der Waals surface area contributed by atoms with E-state index >= 15 is 0 Å². The van der Waals surface area contributed by atoms with Crippen LogP contribution in [0, 0.1) is 0 Å². The molecule has 0 fully saturated rings. The summed E-state index contributed by atoms with van der Waals surface area (Å²) in [6, 6.07) is 4.08. The highest BCUT2D eigenvalue weighted by Gasteiger charge is 2.23. The van der Waals surface area contributed by atoms with Crippen molar-refractivity contribution in [2.24, 2.45) is 0 Å². The molecule has 96 valence electrons. The first-order chi connectivity index (χ1) is 7.95. The Morgan fingerprint density at radius 2 is 1.88 bits per heavy atom. The van der Waals surface area contributed by atoms with Crippen LogP contribution in [0.3, 0.4) is 0 Å². The first kappa shape index (κ1) is 14.4. The molecule has 1 unspecified atom stereocenters. The minimum atomic E-state index is -0.790. The molecule has 0 aliphatic rings. The molecule has 0 amide bonds. The number of hydrogen-bond donors (Lipinski definition) is 0. The topological polar surface area (TPSA) is 30.0 Å². The van der Waals surface area contributed by atoms with Crippen molar-refractivity contribution in [3.63, 3.8) is 0 Å². The molecular weight excluding hydrogens is 230 g/mol. The third-order valence-corrected chi connectivity index (χ3v) is 4.92. The molecule has 1 aromatic heterocycles. The van der Waals surface area contributed by atoms with Gasteiger partial charge in [0.15, 0.2) is 0 Å². The van der Waals surface area contributed by atoms with E-state index < -0.39 is 10.8 Å². The average molecular weight is 253 g/mol. The maximum absolute atomic E-state index is 12.2. The van der Waals surface area contributed by atoms with Crippen molar-refractivity contribution in [1.29, 1.82) is 0 Å². The molecule has 1 rings (SSSR count). The van der Waals surface area contributed by atoms with Crippen LogP contribution in [0.15, 0.2) is 24.5 Å². The summed E-state index contributed by atoms with van der Waals surface area (Å²) in [6.07, 6.45) is 5.84. The molecule has 0 spiro atoms. The Kier molecular flexibility index (Phi) is 5.31. The van der Waals surface area contributed by atoms with E-state index in [0.717, 1.165) is 18.6 Å². The zero-order chi connectivity index (χ0) is 12.9. The average Bonchev–Trinajstić information content (AvgIpc) is 2.28. The number of aromatic nitrogens is 1. The molecule has 0 N–H and O–H groups in total. The van der Waals surface area contributed by atoms with Gasteiger partial charge in [0.25, 0.3) is 0 Å². The van der Waals surface area contributed by atoms with E-state index in [9.17, 15) is 4.21 Å². The largest absolute Gasteiger partial charge is 0.265 e. The smallest absolute Gasteiger partial charge is 0.0375 e. The van der Waals surface area contributed by atoms with Gasteiger partial charge in [-0.1, -0.05) is 13.3 Å². The number of nitrogens with zero attached hydrogens (tertiary/aromatic N) is 1. The lowest BCUT2D eigenvalue weighted by molar-refractivity contribution is 0.621. The SMILES string of the molecule is CCCC(C[S@@](=O)C(C)(C)C)c1ccncc1. The summed E-state index contributed by atoms with van der Waals surface area (Å²) in [6.45, 7) is 8.30. The quantitative estimate of drug-likeness (QED) is 0.803. The second-order valence-corrected chi connectivity index (χ2v) is 7.64. The van der Waals surface area contributed by atoms with Gasteiger partial charge in [0.1, 0.15) is 0 Å². The van der Waals surface area contributed by atoms with Gasteiger partial charge in [-0.2, -0.15) is 0 Å². The minimum Gasteiger partial charge on any atom is -0.265 e. The Morgan fingerprint density at radius 3 is 2.35 bits per heavy atom. The molecule has 17 heavy (non-hydrogen) atoms. The zero-order valence-electron chi connectivity index (χ0n) is 11.3. The van der Waals surface area contributed by atoms with E-state index in [1.807, 2.05) is 45.3 Å². The molecule has 1 heterocycles. The predicted octanol–water partition coefficient (Wildman–Crippen LogP) is 3.51. The number of pyridine rings is 1. The van der Waals surface area contributed by atoms with Gasteiger partial charge in [-0.3, -0.25) is 9.19 Å². The summed E-state index contributed by atoms with van der Waals surface area (Å²) in [4.78, 5) is 4.04. The van der Waals surface area contributed by atoms with Gasteiger partial charge in [-0.05, 0) is 50.8 Å². The highest BCUT2D eigenvalue weighted by molar-refractivity contribution is 7.86. The van der Waals surface area contributed by atoms with Crippen LogP contribution in [0.5, 0.6) is 0 Å². The van der Waals surface area contributed by atoms with Crippen molar-refractivity contribution in [2.75, 3.05) is 5.75 Å². The first-order valence-corrected chi connectivity index (χ1v) is 7.55. The highest BCUT2D eigenvalue weighted by Crippen LogP contribution is 2.25. The molecular formula is C14H23NOS. The van der Waals surface area contributed by atoms with Gasteiger partial charge in [-0.15, -0.1) is 0 Å². The normalized spacial score (nSPS) is 15.5. The monoisotopic (exact) mass is 253 g/mol. The third-order valence-electron chi connectivity index (χ3n) is 2.85. The van der Waals surface area contributed by atoms with Crippen LogP contribution in [0.1, 0.15) is 52.0 Å². The minimum absolute atomic E-state index is 0.126. The molecule has 1 aromatic rings. The summed E-state index contributed by atoms with van der Waals surface area (Å²) in [5.74, 6) is 1.14. The van der Waals surface area contributed by atoms with Crippen LogP contribution in [-0.2, 0) is 10.8 Å². The lowest BCUT2D eigenvalue weighted by Crippen LogP contribution is -2.26. The Hall–Kier alpha value is -0.700. The second kappa shape index (κ2) is 6.29. The predicted molar refractivity (Wildman–Crippen MR) is 74.6 cm³/mol. The van der Waals surface area contributed by atoms with Crippen molar-refractivity contribution >= 4 is 10.8 Å². The lowest BCUT2D eigenvalue weighted by atomic mass is 9.98. The lowest BCUT2D eigenvalue weighted by Gasteiger charge is -2.23. The maximum atomic E-state index is 12.2. The van der Waals surface area contributed by atoms with Crippen LogP contribution in [0.25, 0.3) is 0 Å². The Bertz CT molecular complexity index is 356. The second-order valence-electron chi connectivity index (χ2n) is 5.39. The van der Waals surface area contributed by atoms with Crippen LogP contribution in [0.2, 0.25) is 0 Å². The standard InChI is InChI=1S/C14H23NOS/c1-5-6-13(11-17(16)14(2,3)4)12-7-9-15-10-8-12/h7-10,13H,5-6,11H2,1-4H3/t13?,17-/m1/s1. The van der Waals surface area contributed by atoms with E-state index in [4.69, 9.17) is 0 Å². The van der Waals surface area contributed by atoms with E-state index in [0.29, 0.717) is 5.92 Å². The fourth-order valence-electron chi connectivity index (χ4n) is 1.76. The van der Waals surface area contributed by atoms with E-state index in [2.05, 4.69) is 11.9 Å². The van der Waals surface area contributed by atoms with Crippen LogP contribution >= 0.6 is 0 Å². The fraction of sp³-hybridized carbons (Fsp3) is 0.643. The van der Waals surface area contributed by atoms with E-state index in [1.54, 1.807) is 0 Å². The molecule has 0 aliphatic heterocycles. The molecule has 3 heteroatoms. The Balaban J connectivity index is 2.78. The van der Waals surface area contributed by atoms with Crippen molar-refractivity contribution < 1.29 is 4.21 Å². The number of rotatable bonds is 5. The number of hydrogen-bond acceptors (Lipinski definition) is 2. The molecule has 0 bridgehead atoms. The van der Waals surface area contributed by atoms with Crippen LogP contribution < -0.4 is 0 Å². The molecule has 0 aliphatic carbocycles. The molecule has 0 aromatic carbocycles. The van der Waals surface area contributed by atoms with Gasteiger partial charge in [0, 0.05) is 33.7 Å². The van der Waals surface area contributed by atoms with Gasteiger partial charge in [0.2, 0.25) is 0 Å². The van der Waals surface area contributed by atoms with Gasteiger partial charge < -0.3 is 0 Å². The molecule has 0 saturated carbocycles. The highest BCUT2D eigenvalue weighted by atomic mass is 32.2. The Morgan fingerprint density at radius 1 is 1.29 bits per heavy atom. The molecule has 0 radical (unpaired) electrons. The molecule has 2 nitrogen and oxygen atoms in total.